The van der Waals surface area contributed by atoms with Gasteiger partial charge < -0.3 is 71.6 Å². The Morgan fingerprint density at radius 1 is 0.767 bits per heavy atom. The molecule has 7 aromatic rings. The zero-order chi connectivity index (χ0) is 63.9. The van der Waals surface area contributed by atoms with Gasteiger partial charge in [0.05, 0.1) is 74.0 Å². The molecule has 1 radical (unpaired) electrons. The minimum absolute atomic E-state index is 0. The summed E-state index contributed by atoms with van der Waals surface area (Å²) in [5.41, 5.74) is 8.33. The summed E-state index contributed by atoms with van der Waals surface area (Å²) in [5, 5.41) is 52.7. The van der Waals surface area contributed by atoms with Gasteiger partial charge in [-0.2, -0.15) is 4.98 Å². The van der Waals surface area contributed by atoms with Crippen LogP contribution in [0.1, 0.15) is 45.7 Å². The Hall–Kier alpha value is -7.29. The molecule has 0 fully saturated rings. The van der Waals surface area contributed by atoms with Crippen molar-refractivity contribution in [1.82, 2.24) is 46.2 Å². The van der Waals surface area contributed by atoms with E-state index >= 15 is 0 Å². The van der Waals surface area contributed by atoms with Crippen LogP contribution in [0.15, 0.2) is 143 Å². The molecule has 29 nitrogen and oxygen atoms in total. The number of anilines is 3. The Morgan fingerprint density at radius 3 is 1.90 bits per heavy atom. The normalized spacial score (nSPS) is 11.8. The van der Waals surface area contributed by atoms with Crippen LogP contribution in [0.4, 0.5) is 17.5 Å². The molecule has 15 N–H and O–H groups in total. The maximum atomic E-state index is 12.7. The monoisotopic (exact) mass is 1380 g/mol. The number of hydrazine groups is 1. The number of amides is 3. The second-order valence-electron chi connectivity index (χ2n) is 18.7. The zero-order valence-electron chi connectivity index (χ0n) is 48.8. The number of carboxylic acids is 2. The average molecular weight is 1380 g/mol. The number of carbonyl (C=O) groups excluding carboxylic acids is 3. The number of aliphatic carboxylic acids is 2. The Bertz CT molecular complexity index is 3480. The molecule has 0 spiro atoms. The summed E-state index contributed by atoms with van der Waals surface area (Å²) < 4.78 is 48.7. The van der Waals surface area contributed by atoms with Gasteiger partial charge >= 0.3 is 41.5 Å². The number of nitrogen functional groups attached to an aromatic ring is 2. The first-order chi connectivity index (χ1) is 42.3. The molecule has 3 amide bonds. The molecule has 2 unspecified atom stereocenters. The van der Waals surface area contributed by atoms with Crippen molar-refractivity contribution >= 4 is 92.2 Å². The van der Waals surface area contributed by atoms with Gasteiger partial charge in [-0.05, 0) is 85.2 Å². The van der Waals surface area contributed by atoms with Crippen LogP contribution >= 0.6 is 7.92 Å². The van der Waals surface area contributed by atoms with E-state index in [2.05, 4.69) is 93.0 Å². The fourth-order valence-corrected chi connectivity index (χ4v) is 10.6. The number of carboxylic acid groups (broad SMARTS) is 2. The van der Waals surface area contributed by atoms with Gasteiger partial charge in [0.2, 0.25) is 11.9 Å². The van der Waals surface area contributed by atoms with Crippen molar-refractivity contribution in [1.29, 1.82) is 0 Å². The van der Waals surface area contributed by atoms with Gasteiger partial charge in [0.15, 0.2) is 11.2 Å². The summed E-state index contributed by atoms with van der Waals surface area (Å²) in [5.74, 6) is 2.00. The number of H-pyrrole nitrogens is 1. The van der Waals surface area contributed by atoms with Crippen molar-refractivity contribution in [3.05, 3.63) is 168 Å². The largest absolute Gasteiger partial charge is 1.00 e. The van der Waals surface area contributed by atoms with Crippen LogP contribution in [0.3, 0.4) is 0 Å². The SMILES string of the molecule is NNc1ccc(C(=O)NCCOCCOCCNC(=O)CCC(NC(=O)c2ccc(NCc3cnc4nc(N)[nH]c(=O)c4n3)cc2)C(=O)O)cn1.O=S(=O)([O-])c1ccc(P(c2ccccc2)c2ccccc2)cc1.[99Tc].[CH2-]OCC(CO)(CCO)NCC(=O)O.[Na+]. The first-order valence-corrected chi connectivity index (χ1v) is 29.6. The summed E-state index contributed by atoms with van der Waals surface area (Å²) >= 11 is 0. The maximum Gasteiger partial charge on any atom is 1.00 e. The number of aliphatic hydroxyl groups is 2. The number of nitrogens with one attached hydrogen (secondary N) is 7. The van der Waals surface area contributed by atoms with Gasteiger partial charge in [-0.1, -0.05) is 72.8 Å². The van der Waals surface area contributed by atoms with Crippen LogP contribution in [0.25, 0.3) is 11.2 Å². The van der Waals surface area contributed by atoms with Gasteiger partial charge in [0.25, 0.3) is 17.4 Å². The van der Waals surface area contributed by atoms with Gasteiger partial charge in [-0.15, -0.1) is 0 Å². The maximum absolute atomic E-state index is 12.7. The first kappa shape index (κ1) is 77.0. The van der Waals surface area contributed by atoms with Gasteiger partial charge in [-0.25, -0.2) is 41.1 Å². The van der Waals surface area contributed by atoms with Crippen molar-refractivity contribution in [3.63, 3.8) is 0 Å². The molecule has 0 saturated heterocycles. The van der Waals surface area contributed by atoms with Crippen molar-refractivity contribution in [2.75, 3.05) is 82.4 Å². The molecule has 0 bridgehead atoms. The molecular weight excluding hydrogens is 1310 g/mol. The molecule has 2 atom stereocenters. The number of fused-ring (bicyclic) bond motifs is 1. The predicted molar refractivity (Wildman–Crippen MR) is 325 cm³/mol. The van der Waals surface area contributed by atoms with Crippen LogP contribution in [-0.4, -0.2) is 165 Å². The van der Waals surface area contributed by atoms with Crippen LogP contribution in [-0.2, 0) is 65.4 Å². The van der Waals surface area contributed by atoms with Crippen molar-refractivity contribution in [2.24, 2.45) is 5.84 Å². The standard InChI is InChI=1S/C31H38N12O8.C18H15O3PS.C8H16NO5.Na.Tc/c32-31-41-26-25(29(47)42-31)39-21(17-38-26)16-36-20-4-1-18(2-5-20)28(46)40-22(30(48)49)6-8-24(44)34-9-11-50-13-14-51-12-10-35-27(45)19-3-7-23(43-33)37-15-19;19-23(20,21)18-13-11-17(12-14-18)22(15-7-3-1-4-8-15)16-9-5-2-6-10-16;1-14-6-8(5-11,2-3-10)9-4-7(12)13;;/h1-5,7,15,17,22,36H,6,8-14,16,33H2,(H,34,44)(H,35,45)(H,37,43)(H,40,46)(H,48,49)(H3,32,38,41,42,47);1-14H,(H,19,20,21);9-11H,1-6H2,(H,12,13);;/q;;-1;+1;/p-1/i;;;;1+1. The Labute approximate surface area is 554 Å². The smallest absolute Gasteiger partial charge is 0.744 e. The van der Waals surface area contributed by atoms with E-state index in [-0.39, 0.29) is 168 Å². The van der Waals surface area contributed by atoms with E-state index < -0.39 is 58.9 Å². The minimum Gasteiger partial charge on any atom is -0.744 e. The average Bonchev–Trinajstić information content (AvgIpc) is 1.26. The number of aromatic amines is 1. The summed E-state index contributed by atoms with van der Waals surface area (Å²) in [6, 6.07) is 34.5. The molecule has 0 aliphatic rings. The number of pyridine rings is 1. The third-order valence-corrected chi connectivity index (χ3v) is 15.6. The Balaban J connectivity index is 0.000000444. The predicted octanol–water partition coefficient (Wildman–Crippen LogP) is -2.94. The van der Waals surface area contributed by atoms with Crippen LogP contribution in [0, 0.1) is 7.11 Å². The Kier molecular flexibility index (Phi) is 34.6. The zero-order valence-corrected chi connectivity index (χ0v) is 54.3. The van der Waals surface area contributed by atoms with Crippen molar-refractivity contribution in [2.45, 2.75) is 42.3 Å². The third kappa shape index (κ3) is 26.3. The van der Waals surface area contributed by atoms with E-state index in [0.29, 0.717) is 29.3 Å². The minimum atomic E-state index is -4.42. The number of nitrogens with zero attached hydrogens (tertiary/aromatic N) is 4. The van der Waals surface area contributed by atoms with Crippen molar-refractivity contribution < 1.29 is 121 Å². The van der Waals surface area contributed by atoms with E-state index in [4.69, 9.17) is 36.4 Å². The summed E-state index contributed by atoms with van der Waals surface area (Å²) in [7, 11) is -2.06. The molecule has 33 heteroatoms. The topological polar surface area (TPSA) is 460 Å². The number of nitrogens with two attached hydrogens (primary N) is 2. The molecule has 3 aromatic heterocycles. The summed E-state index contributed by atoms with van der Waals surface area (Å²) in [6.45, 7) is 0.972. The molecule has 7 rings (SSSR count). The summed E-state index contributed by atoms with van der Waals surface area (Å²) in [6.07, 6.45) is 2.80. The molecular formula is C57H68N13NaO16PSTc-. The fourth-order valence-electron chi connectivity index (χ4n) is 7.82. The number of benzene rings is 4. The van der Waals surface area contributed by atoms with Gasteiger partial charge in [0.1, 0.15) is 22.0 Å². The number of carbonyl (C=O) groups is 5. The van der Waals surface area contributed by atoms with E-state index in [1.807, 2.05) is 36.4 Å². The molecule has 0 aliphatic heterocycles. The van der Waals surface area contributed by atoms with Crippen LogP contribution in [0.5, 0.6) is 0 Å². The Morgan fingerprint density at radius 2 is 1.37 bits per heavy atom. The summed E-state index contributed by atoms with van der Waals surface area (Å²) in [4.78, 5) is 89.6. The van der Waals surface area contributed by atoms with Crippen LogP contribution < -0.4 is 94.6 Å². The van der Waals surface area contributed by atoms with Crippen LogP contribution in [0.2, 0.25) is 0 Å². The second-order valence-corrected chi connectivity index (χ2v) is 22.3. The number of aliphatic hydroxyl groups excluding tert-OH is 2. The van der Waals surface area contributed by atoms with Gasteiger partial charge in [-0.3, -0.25) is 34.3 Å². The van der Waals surface area contributed by atoms with E-state index in [1.165, 1.54) is 47.3 Å². The number of rotatable bonds is 32. The number of hydrogen-bond acceptors (Lipinski definition) is 23. The second kappa shape index (κ2) is 40.5. The van der Waals surface area contributed by atoms with E-state index in [0.717, 1.165) is 5.30 Å². The fraction of sp³-hybridized carbons (Fsp3) is 0.281. The number of aromatic nitrogens is 5. The quantitative estimate of drug-likeness (QED) is 0.00382. The molecule has 90 heavy (non-hydrogen) atoms. The molecule has 3 heterocycles. The molecule has 0 saturated carbocycles. The first-order valence-electron chi connectivity index (χ1n) is 26.8. The van der Waals surface area contributed by atoms with E-state index in [9.17, 15) is 46.8 Å². The number of hydrogen-bond donors (Lipinski definition) is 13. The van der Waals surface area contributed by atoms with Crippen molar-refractivity contribution in [3.8, 4) is 0 Å². The molecule has 4 aromatic carbocycles. The van der Waals surface area contributed by atoms with Gasteiger partial charge in [0, 0.05) is 70.3 Å². The number of ether oxygens (including phenoxy) is 3. The third-order valence-electron chi connectivity index (χ3n) is 12.3. The molecule has 477 valence electrons. The molecule has 0 aliphatic carbocycles. The van der Waals surface area contributed by atoms with E-state index in [1.54, 1.807) is 36.4 Å².